The van der Waals surface area contributed by atoms with Crippen LogP contribution in [0.15, 0.2) is 18.2 Å². The molecule has 1 rings (SSSR count). The summed E-state index contributed by atoms with van der Waals surface area (Å²) < 4.78 is 25.9. The Morgan fingerprint density at radius 1 is 1.29 bits per heavy atom. The summed E-state index contributed by atoms with van der Waals surface area (Å²) in [4.78, 5) is 0. The fourth-order valence-electron chi connectivity index (χ4n) is 1.71. The first kappa shape index (κ1) is 13.6. The predicted octanol–water partition coefficient (Wildman–Crippen LogP) is 2.14. The highest BCUT2D eigenvalue weighted by atomic mass is 19.1. The van der Waals surface area contributed by atoms with E-state index < -0.39 is 11.6 Å². The van der Waals surface area contributed by atoms with Crippen LogP contribution in [0.3, 0.4) is 0 Å². The second kappa shape index (κ2) is 7.00. The molecular weight excluding hydrogens is 222 g/mol. The van der Waals surface area contributed by atoms with Gasteiger partial charge < -0.3 is 0 Å². The summed E-state index contributed by atoms with van der Waals surface area (Å²) in [6, 6.07) is 3.46. The summed E-state index contributed by atoms with van der Waals surface area (Å²) in [5, 5.41) is 0. The molecule has 1 unspecified atom stereocenters. The summed E-state index contributed by atoms with van der Waals surface area (Å²) in [6.45, 7) is 0. The van der Waals surface area contributed by atoms with E-state index in [1.807, 2.05) is 0 Å². The van der Waals surface area contributed by atoms with E-state index >= 15 is 0 Å². The van der Waals surface area contributed by atoms with E-state index in [9.17, 15) is 8.78 Å². The molecule has 92 valence electrons. The number of halogens is 2. The molecule has 1 atom stereocenters. The average molecular weight is 238 g/mol. The summed E-state index contributed by atoms with van der Waals surface area (Å²) in [5.41, 5.74) is 3.22. The van der Waals surface area contributed by atoms with E-state index in [1.165, 1.54) is 12.1 Å². The lowest BCUT2D eigenvalue weighted by atomic mass is 10.0. The predicted molar refractivity (Wildman–Crippen MR) is 63.9 cm³/mol. The topological polar surface area (TPSA) is 38.0 Å². The quantitative estimate of drug-likeness (QED) is 0.345. The Morgan fingerprint density at radius 2 is 1.94 bits per heavy atom. The molecule has 0 aromatic heterocycles. The Hall–Kier alpha value is -1.44. The molecular formula is C13H16F2N2. The number of hydrazine groups is 1. The molecule has 0 aliphatic rings. The van der Waals surface area contributed by atoms with Gasteiger partial charge in [-0.2, -0.15) is 0 Å². The van der Waals surface area contributed by atoms with Gasteiger partial charge in [0.25, 0.3) is 0 Å². The van der Waals surface area contributed by atoms with Crippen molar-refractivity contribution < 1.29 is 8.78 Å². The summed E-state index contributed by atoms with van der Waals surface area (Å²) in [7, 11) is 0. The first-order chi connectivity index (χ1) is 8.15. The minimum atomic E-state index is -0.570. The van der Waals surface area contributed by atoms with Crippen LogP contribution in [0.4, 0.5) is 8.78 Å². The van der Waals surface area contributed by atoms with Crippen molar-refractivity contribution in [3.63, 3.8) is 0 Å². The Morgan fingerprint density at radius 3 is 2.47 bits per heavy atom. The van der Waals surface area contributed by atoms with Crippen molar-refractivity contribution in [3.8, 4) is 12.3 Å². The molecule has 3 N–H and O–H groups in total. The van der Waals surface area contributed by atoms with Crippen LogP contribution in [-0.2, 0) is 6.42 Å². The number of rotatable bonds is 6. The number of terminal acetylenes is 1. The van der Waals surface area contributed by atoms with Crippen LogP contribution in [-0.4, -0.2) is 6.04 Å². The van der Waals surface area contributed by atoms with Crippen LogP contribution < -0.4 is 11.3 Å². The molecule has 0 aliphatic heterocycles. The van der Waals surface area contributed by atoms with E-state index in [1.54, 1.807) is 0 Å². The molecule has 4 heteroatoms. The lowest BCUT2D eigenvalue weighted by Gasteiger charge is -2.15. The van der Waals surface area contributed by atoms with Crippen LogP contribution in [0.5, 0.6) is 0 Å². The zero-order valence-electron chi connectivity index (χ0n) is 9.55. The lowest BCUT2D eigenvalue weighted by molar-refractivity contribution is 0.476. The van der Waals surface area contributed by atoms with E-state index in [4.69, 9.17) is 12.3 Å². The van der Waals surface area contributed by atoms with Crippen molar-refractivity contribution in [3.05, 3.63) is 35.4 Å². The van der Waals surface area contributed by atoms with Crippen LogP contribution in [0.1, 0.15) is 24.8 Å². The number of benzene rings is 1. The Bertz CT molecular complexity index is 379. The van der Waals surface area contributed by atoms with Crippen molar-refractivity contribution in [1.29, 1.82) is 0 Å². The maximum absolute atomic E-state index is 13.0. The summed E-state index contributed by atoms with van der Waals surface area (Å²) >= 11 is 0. The Kier molecular flexibility index (Phi) is 5.61. The second-order valence-corrected chi connectivity index (χ2v) is 3.94. The fraction of sp³-hybridized carbons (Fsp3) is 0.385. The minimum Gasteiger partial charge on any atom is -0.271 e. The third kappa shape index (κ3) is 4.94. The van der Waals surface area contributed by atoms with Gasteiger partial charge in [0.1, 0.15) is 11.6 Å². The second-order valence-electron chi connectivity index (χ2n) is 3.94. The molecule has 0 radical (unpaired) electrons. The highest BCUT2D eigenvalue weighted by molar-refractivity contribution is 5.18. The molecule has 2 nitrogen and oxygen atoms in total. The van der Waals surface area contributed by atoms with Crippen LogP contribution in [0, 0.1) is 24.0 Å². The third-order valence-corrected chi connectivity index (χ3v) is 2.51. The molecule has 0 saturated heterocycles. The number of hydrogen-bond acceptors (Lipinski definition) is 2. The van der Waals surface area contributed by atoms with E-state index in [2.05, 4.69) is 11.3 Å². The van der Waals surface area contributed by atoms with Crippen molar-refractivity contribution in [2.75, 3.05) is 0 Å². The number of hydrogen-bond donors (Lipinski definition) is 2. The first-order valence-electron chi connectivity index (χ1n) is 5.50. The third-order valence-electron chi connectivity index (χ3n) is 2.51. The number of nitrogens with one attached hydrogen (secondary N) is 1. The molecule has 0 amide bonds. The molecule has 0 saturated carbocycles. The molecule has 0 aliphatic carbocycles. The van der Waals surface area contributed by atoms with Gasteiger partial charge in [0.2, 0.25) is 0 Å². The van der Waals surface area contributed by atoms with Gasteiger partial charge in [-0.3, -0.25) is 11.3 Å². The molecule has 17 heavy (non-hydrogen) atoms. The summed E-state index contributed by atoms with van der Waals surface area (Å²) in [5.74, 6) is 6.79. The monoisotopic (exact) mass is 238 g/mol. The van der Waals surface area contributed by atoms with Gasteiger partial charge in [0.15, 0.2) is 0 Å². The molecule has 1 aromatic carbocycles. The zero-order chi connectivity index (χ0) is 12.7. The van der Waals surface area contributed by atoms with Crippen molar-refractivity contribution in [1.82, 2.24) is 5.43 Å². The van der Waals surface area contributed by atoms with E-state index in [0.29, 0.717) is 18.4 Å². The highest BCUT2D eigenvalue weighted by Gasteiger charge is 2.09. The molecule has 0 heterocycles. The molecule has 0 fully saturated rings. The number of nitrogens with two attached hydrogens (primary N) is 1. The Labute approximate surface area is 100 Å². The standard InChI is InChI=1S/C13H16F2N2/c1-2-3-4-5-13(17-16)8-10-6-11(14)9-12(15)7-10/h1,6-7,9,13,17H,3-5,8,16H2. The van der Waals surface area contributed by atoms with Gasteiger partial charge in [0, 0.05) is 18.5 Å². The van der Waals surface area contributed by atoms with Crippen molar-refractivity contribution in [2.45, 2.75) is 31.7 Å². The Balaban J connectivity index is 2.57. The minimum absolute atomic E-state index is 0.0236. The molecule has 1 aromatic rings. The van der Waals surface area contributed by atoms with Gasteiger partial charge >= 0.3 is 0 Å². The summed E-state index contributed by atoms with van der Waals surface area (Å²) in [6.07, 6.45) is 7.92. The first-order valence-corrected chi connectivity index (χ1v) is 5.50. The maximum Gasteiger partial charge on any atom is 0.126 e. The van der Waals surface area contributed by atoms with Crippen molar-refractivity contribution >= 4 is 0 Å². The number of unbranched alkanes of at least 4 members (excludes halogenated alkanes) is 1. The maximum atomic E-state index is 13.0. The largest absolute Gasteiger partial charge is 0.271 e. The molecule has 0 spiro atoms. The van der Waals surface area contributed by atoms with Gasteiger partial charge in [-0.1, -0.05) is 0 Å². The normalized spacial score (nSPS) is 12.1. The van der Waals surface area contributed by atoms with E-state index in [0.717, 1.165) is 18.9 Å². The molecule has 0 bridgehead atoms. The SMILES string of the molecule is C#CCCCC(Cc1cc(F)cc(F)c1)NN. The van der Waals surface area contributed by atoms with Gasteiger partial charge in [-0.25, -0.2) is 8.78 Å². The van der Waals surface area contributed by atoms with Crippen molar-refractivity contribution in [2.24, 2.45) is 5.84 Å². The van der Waals surface area contributed by atoms with Crippen LogP contribution in [0.25, 0.3) is 0 Å². The highest BCUT2D eigenvalue weighted by Crippen LogP contribution is 2.12. The smallest absolute Gasteiger partial charge is 0.126 e. The van der Waals surface area contributed by atoms with Crippen LogP contribution in [0.2, 0.25) is 0 Å². The zero-order valence-corrected chi connectivity index (χ0v) is 9.55. The fourth-order valence-corrected chi connectivity index (χ4v) is 1.71. The lowest BCUT2D eigenvalue weighted by Crippen LogP contribution is -2.36. The van der Waals surface area contributed by atoms with Gasteiger partial charge in [0.05, 0.1) is 0 Å². The van der Waals surface area contributed by atoms with E-state index in [-0.39, 0.29) is 6.04 Å². The average Bonchev–Trinajstić information content (AvgIpc) is 2.26. The van der Waals surface area contributed by atoms with Crippen LogP contribution >= 0.6 is 0 Å². The van der Waals surface area contributed by atoms with Gasteiger partial charge in [-0.15, -0.1) is 12.3 Å². The van der Waals surface area contributed by atoms with Gasteiger partial charge in [-0.05, 0) is 37.0 Å².